The Morgan fingerprint density at radius 2 is 0.608 bits per heavy atom. The van der Waals surface area contributed by atoms with E-state index in [9.17, 15) is 162 Å². The van der Waals surface area contributed by atoms with Gasteiger partial charge in [-0.15, -0.1) is 0 Å². The molecule has 0 atom stereocenters. The predicted molar refractivity (Wildman–Crippen MR) is 167 cm³/mol. The molecule has 2 rings (SSSR count). The summed E-state index contributed by atoms with van der Waals surface area (Å²) >= 11 is 5.34. The Labute approximate surface area is 383 Å². The second-order valence-electron chi connectivity index (χ2n) is 13.3. The normalized spacial score (nSPS) is 15.5. The van der Waals surface area contributed by atoms with Crippen LogP contribution in [0.15, 0.2) is 35.8 Å². The third-order valence-electron chi connectivity index (χ3n) is 8.44. The maximum Gasteiger partial charge on any atom is 0.460 e. The summed E-state index contributed by atoms with van der Waals surface area (Å²) in [7, 11) is 0. The van der Waals surface area contributed by atoms with E-state index in [0.29, 0.717) is 12.1 Å². The van der Waals surface area contributed by atoms with Crippen molar-refractivity contribution in [3.05, 3.63) is 58.3 Å². The minimum atomic E-state index is -8.82. The Hall–Kier alpha value is -5.58. The van der Waals surface area contributed by atoms with Crippen LogP contribution in [0.25, 0.3) is 0 Å². The molecule has 0 aliphatic rings. The topological polar surface area (TPSA) is 123 Å². The van der Waals surface area contributed by atoms with E-state index in [1.54, 1.807) is 0 Å². The fraction of sp³-hybridized carbons (Fsp3) is 0.467. The van der Waals surface area contributed by atoms with Gasteiger partial charge in [-0.05, 0) is 6.07 Å². The number of halogens is 38. The van der Waals surface area contributed by atoms with Crippen molar-refractivity contribution in [3.63, 3.8) is 0 Å². The highest BCUT2D eigenvalue weighted by atomic mass is 35.5. The summed E-state index contributed by atoms with van der Waals surface area (Å²) in [6.45, 7) is 0. The van der Waals surface area contributed by atoms with Gasteiger partial charge in [0.15, 0.2) is 17.4 Å². The Morgan fingerprint density at radius 1 is 0.351 bits per heavy atom. The van der Waals surface area contributed by atoms with Gasteiger partial charge in [-0.3, -0.25) is 0 Å². The lowest BCUT2D eigenvalue weighted by Gasteiger charge is -2.41. The van der Waals surface area contributed by atoms with Gasteiger partial charge in [-0.2, -0.15) is 154 Å². The number of nitrogen functional groups attached to an aromatic ring is 4. The van der Waals surface area contributed by atoms with Crippen molar-refractivity contribution in [1.29, 1.82) is 0 Å². The zero-order valence-electron chi connectivity index (χ0n) is 32.6. The molecule has 0 unspecified atom stereocenters. The molecule has 44 heteroatoms. The molecule has 0 bridgehead atoms. The van der Waals surface area contributed by atoms with Crippen LogP contribution in [-0.2, 0) is 0 Å². The summed E-state index contributed by atoms with van der Waals surface area (Å²) in [5.74, 6) is -123. The van der Waals surface area contributed by atoms with Crippen LogP contribution in [-0.4, -0.2) is 83.4 Å². The van der Waals surface area contributed by atoms with Crippen LogP contribution >= 0.6 is 11.6 Å². The van der Waals surface area contributed by atoms with E-state index in [1.807, 2.05) is 0 Å². The van der Waals surface area contributed by atoms with Gasteiger partial charge in [0.05, 0.1) is 27.8 Å². The fourth-order valence-electron chi connectivity index (χ4n) is 4.16. The average molecular weight is 1200 g/mol. The molecule has 74 heavy (non-hydrogen) atoms. The lowest BCUT2D eigenvalue weighted by Crippen LogP contribution is -2.72. The summed E-state index contributed by atoms with van der Waals surface area (Å²) in [5, 5.41) is -0.939. The minimum absolute atomic E-state index is 0.309. The van der Waals surface area contributed by atoms with Crippen molar-refractivity contribution < 1.29 is 172 Å². The highest BCUT2D eigenvalue weighted by molar-refractivity contribution is 6.32. The highest BCUT2D eigenvalue weighted by Gasteiger charge is 2.95. The number of hydrogen-bond donors (Lipinski definition) is 4. The molecule has 0 radical (unpaired) electrons. The van der Waals surface area contributed by atoms with Crippen molar-refractivity contribution >= 4 is 34.4 Å². The third kappa shape index (κ3) is 9.79. The van der Waals surface area contributed by atoms with Crippen LogP contribution in [0.1, 0.15) is 0 Å². The van der Waals surface area contributed by atoms with Crippen LogP contribution in [0.5, 0.6) is 11.5 Å². The number of nitrogens with two attached hydrogens (primary N) is 4. The van der Waals surface area contributed by atoms with E-state index in [2.05, 4.69) is 20.9 Å². The second kappa shape index (κ2) is 19.2. The van der Waals surface area contributed by atoms with Gasteiger partial charge in [0.2, 0.25) is 23.2 Å². The fourth-order valence-corrected chi connectivity index (χ4v) is 4.37. The number of hydrogen-bond acceptors (Lipinski definition) is 6. The van der Waals surface area contributed by atoms with Gasteiger partial charge < -0.3 is 32.4 Å². The number of anilines is 4. The lowest BCUT2D eigenvalue weighted by molar-refractivity contribution is -0.451. The monoisotopic (exact) mass is 1200 g/mol. The highest BCUT2D eigenvalue weighted by Crippen LogP contribution is 2.65. The van der Waals surface area contributed by atoms with Crippen molar-refractivity contribution in [2.45, 2.75) is 83.4 Å². The lowest BCUT2D eigenvalue weighted by atomic mass is 9.91. The van der Waals surface area contributed by atoms with Crippen molar-refractivity contribution in [1.82, 2.24) is 0 Å². The van der Waals surface area contributed by atoms with Gasteiger partial charge in [-0.25, -0.2) is 8.78 Å². The maximum atomic E-state index is 13.7. The largest absolute Gasteiger partial charge is 0.460 e. The number of ether oxygens (including phenoxy) is 2. The number of benzene rings is 2. The zero-order valence-corrected chi connectivity index (χ0v) is 33.4. The number of rotatable bonds is 16. The SMILES string of the molecule is Nc1c(N)c(F)c(OC(F)=C(F)C(F)(F)C(F)(F)C(F)(F)C(F)(F)C(F)(F)C(F)(F)C(F)(F)F)c(F)c1F.Nc1cc(Cl)c(OC(F)=C(F)C(F)(F)C(F)(F)C(F)(F)C(F)(F)C(F)(F)C(F)(F)C(F)(F)F)cc1N. The van der Waals surface area contributed by atoms with Gasteiger partial charge in [-0.1, -0.05) is 11.6 Å². The molecular formula is C30H10ClF37N4O2. The molecule has 0 amide bonds. The molecule has 428 valence electrons. The van der Waals surface area contributed by atoms with Gasteiger partial charge in [0, 0.05) is 6.07 Å². The first-order valence-corrected chi connectivity index (χ1v) is 16.7. The predicted octanol–water partition coefficient (Wildman–Crippen LogP) is 14.5. The molecule has 0 heterocycles. The molecule has 2 aromatic rings. The molecule has 0 aliphatic heterocycles. The van der Waals surface area contributed by atoms with Crippen molar-refractivity contribution in [2.75, 3.05) is 22.9 Å². The van der Waals surface area contributed by atoms with Crippen LogP contribution in [0.3, 0.4) is 0 Å². The summed E-state index contributed by atoms with van der Waals surface area (Å²) in [6.07, 6.45) is -15.7. The Balaban J connectivity index is 0.000000741. The van der Waals surface area contributed by atoms with E-state index in [4.69, 9.17) is 23.1 Å². The quantitative estimate of drug-likeness (QED) is 0.0575. The number of alkyl halides is 30. The van der Waals surface area contributed by atoms with Crippen LogP contribution in [0.2, 0.25) is 5.02 Å². The van der Waals surface area contributed by atoms with E-state index >= 15 is 0 Å². The summed E-state index contributed by atoms with van der Waals surface area (Å²) in [6, 6.07) is -7.00. The second-order valence-corrected chi connectivity index (χ2v) is 13.7. The number of allylic oxidation sites excluding steroid dienone is 2. The van der Waals surface area contributed by atoms with Crippen LogP contribution < -0.4 is 32.4 Å². The smallest absolute Gasteiger partial charge is 0.428 e. The summed E-state index contributed by atoms with van der Waals surface area (Å²) < 4.78 is 494. The molecule has 0 saturated heterocycles. The molecule has 2 aromatic carbocycles. The molecule has 0 aromatic heterocycles. The van der Waals surface area contributed by atoms with Crippen LogP contribution in [0, 0.1) is 17.5 Å². The molecule has 0 spiro atoms. The zero-order chi connectivity index (χ0) is 59.9. The van der Waals surface area contributed by atoms with E-state index in [-0.39, 0.29) is 0 Å². The third-order valence-corrected chi connectivity index (χ3v) is 8.73. The van der Waals surface area contributed by atoms with E-state index in [1.165, 1.54) is 0 Å². The van der Waals surface area contributed by atoms with Crippen molar-refractivity contribution in [2.24, 2.45) is 0 Å². The minimum Gasteiger partial charge on any atom is -0.428 e. The van der Waals surface area contributed by atoms with E-state index < -0.39 is 164 Å². The molecule has 0 saturated carbocycles. The first-order valence-electron chi connectivity index (χ1n) is 16.3. The first kappa shape index (κ1) is 66.4. The van der Waals surface area contributed by atoms with E-state index in [0.717, 1.165) is 0 Å². The molecule has 0 fully saturated rings. The van der Waals surface area contributed by atoms with Gasteiger partial charge in [0.1, 0.15) is 0 Å². The maximum absolute atomic E-state index is 13.7. The standard InChI is InChI=1S/C15H6ClF17N2O.C15H4F20N2O/c16-3-1-4(34)5(35)2-6(3)36-8(18)7(17)9(19,20)10(21,22)11(23,24)12(25,26)13(27,28)14(29,30)15(31,32)33;16-1-2(17)6(3(18)5(37)4(1)36)38-8(20)7(19)9(21,22)10(23,24)11(25,26)12(27,28)13(29,30)14(31,32)15(33,34)35/h1-2H,34-35H2;36-37H2. The van der Waals surface area contributed by atoms with Gasteiger partial charge in [0.25, 0.3) is 0 Å². The molecule has 6 nitrogen and oxygen atoms in total. The Morgan fingerprint density at radius 3 is 0.919 bits per heavy atom. The first-order chi connectivity index (χ1) is 32.1. The average Bonchev–Trinajstić information content (AvgIpc) is 3.23. The van der Waals surface area contributed by atoms with Crippen molar-refractivity contribution in [3.8, 4) is 11.5 Å². The molecular weight excluding hydrogens is 1190 g/mol. The molecule has 0 aliphatic carbocycles. The van der Waals surface area contributed by atoms with Crippen LogP contribution in [0.4, 0.5) is 185 Å². The van der Waals surface area contributed by atoms with Gasteiger partial charge >= 0.3 is 95.4 Å². The Kier molecular flexibility index (Phi) is 17.2. The Bertz CT molecular complexity index is 2460. The summed E-state index contributed by atoms with van der Waals surface area (Å²) in [5.41, 5.74) is 15.2. The molecule has 8 N–H and O–H groups in total. The summed E-state index contributed by atoms with van der Waals surface area (Å²) in [4.78, 5) is 0.